The molecular formula is C13H19Cl2N3. The molecule has 1 aliphatic rings. The molecule has 1 fully saturated rings. The second-order valence-corrected chi connectivity index (χ2v) is 5.67. The molecule has 18 heavy (non-hydrogen) atoms. The quantitative estimate of drug-likeness (QED) is 0.624. The average molecular weight is 288 g/mol. The van der Waals surface area contributed by atoms with Crippen molar-refractivity contribution in [2.24, 2.45) is 5.92 Å². The van der Waals surface area contributed by atoms with Gasteiger partial charge >= 0.3 is 0 Å². The lowest BCUT2D eigenvalue weighted by molar-refractivity contribution is 0.320. The van der Waals surface area contributed by atoms with E-state index < -0.39 is 0 Å². The zero-order chi connectivity index (χ0) is 13.1. The summed E-state index contributed by atoms with van der Waals surface area (Å²) < 4.78 is 0. The molecule has 0 bridgehead atoms. The molecule has 0 aliphatic heterocycles. The van der Waals surface area contributed by atoms with Crippen molar-refractivity contribution in [3.8, 4) is 0 Å². The lowest BCUT2D eigenvalue weighted by Crippen LogP contribution is -2.40. The number of nitrogens with zero attached hydrogens (tertiary/aromatic N) is 3. The van der Waals surface area contributed by atoms with Gasteiger partial charge in [-0.15, -0.1) is 11.6 Å². The molecule has 2 rings (SSSR count). The van der Waals surface area contributed by atoms with Gasteiger partial charge in [-0.1, -0.05) is 31.4 Å². The number of aromatic nitrogens is 2. The minimum absolute atomic E-state index is 0.348. The third-order valence-electron chi connectivity index (χ3n) is 3.90. The van der Waals surface area contributed by atoms with E-state index in [2.05, 4.69) is 28.8 Å². The summed E-state index contributed by atoms with van der Waals surface area (Å²) in [4.78, 5) is 10.6. The zero-order valence-corrected chi connectivity index (χ0v) is 12.4. The van der Waals surface area contributed by atoms with E-state index in [1.807, 2.05) is 0 Å². The predicted octanol–water partition coefficient (Wildman–Crippen LogP) is 3.88. The van der Waals surface area contributed by atoms with E-state index in [-0.39, 0.29) is 0 Å². The molecule has 3 nitrogen and oxygen atoms in total. The molecular weight excluding hydrogens is 269 g/mol. The average Bonchev–Trinajstić information content (AvgIpc) is 2.38. The first-order valence-corrected chi connectivity index (χ1v) is 7.34. The molecule has 1 aliphatic carbocycles. The Balaban J connectivity index is 2.27. The highest BCUT2D eigenvalue weighted by molar-refractivity contribution is 6.31. The Kier molecular flexibility index (Phi) is 4.68. The van der Waals surface area contributed by atoms with Crippen molar-refractivity contribution in [2.45, 2.75) is 44.5 Å². The summed E-state index contributed by atoms with van der Waals surface area (Å²) in [5, 5.41) is 0.463. The molecule has 1 aromatic rings. The van der Waals surface area contributed by atoms with E-state index in [0.29, 0.717) is 23.0 Å². The summed E-state index contributed by atoms with van der Waals surface area (Å²) in [6.07, 6.45) is 6.62. The molecule has 0 spiro atoms. The molecule has 0 saturated heterocycles. The molecule has 0 amide bonds. The largest absolute Gasteiger partial charge is 0.356 e. The summed E-state index contributed by atoms with van der Waals surface area (Å²) in [6.45, 7) is 2.31. The van der Waals surface area contributed by atoms with Gasteiger partial charge in [0.1, 0.15) is 17.3 Å². The topological polar surface area (TPSA) is 29.0 Å². The molecule has 1 saturated carbocycles. The van der Waals surface area contributed by atoms with Crippen LogP contribution < -0.4 is 4.90 Å². The maximum atomic E-state index is 6.09. The minimum atomic E-state index is 0.348. The van der Waals surface area contributed by atoms with Crippen molar-refractivity contribution in [3.05, 3.63) is 17.0 Å². The van der Waals surface area contributed by atoms with Gasteiger partial charge in [-0.25, -0.2) is 9.97 Å². The van der Waals surface area contributed by atoms with Crippen LogP contribution in [0.15, 0.2) is 6.33 Å². The lowest BCUT2D eigenvalue weighted by Gasteiger charge is -2.37. The maximum absolute atomic E-state index is 6.09. The van der Waals surface area contributed by atoms with Crippen molar-refractivity contribution in [2.75, 3.05) is 11.9 Å². The standard InChI is InChI=1S/C13H19Cl2N3/c1-9-5-3-4-6-11(9)18(2)13-10(7-14)12(15)16-8-17-13/h8-9,11H,3-7H2,1-2H3. The molecule has 0 aromatic carbocycles. The molecule has 5 heteroatoms. The Morgan fingerprint density at radius 2 is 2.06 bits per heavy atom. The highest BCUT2D eigenvalue weighted by Crippen LogP contribution is 2.32. The fraction of sp³-hybridized carbons (Fsp3) is 0.692. The Hall–Kier alpha value is -0.540. The van der Waals surface area contributed by atoms with E-state index in [9.17, 15) is 0 Å². The van der Waals surface area contributed by atoms with Crippen molar-refractivity contribution >= 4 is 29.0 Å². The van der Waals surface area contributed by atoms with Crippen molar-refractivity contribution in [1.29, 1.82) is 0 Å². The van der Waals surface area contributed by atoms with Crippen LogP contribution in [0.3, 0.4) is 0 Å². The lowest BCUT2D eigenvalue weighted by atomic mass is 9.85. The van der Waals surface area contributed by atoms with Crippen LogP contribution in [0.5, 0.6) is 0 Å². The smallest absolute Gasteiger partial charge is 0.138 e. The van der Waals surface area contributed by atoms with Crippen molar-refractivity contribution in [1.82, 2.24) is 9.97 Å². The first-order valence-electron chi connectivity index (χ1n) is 6.43. The molecule has 1 aromatic heterocycles. The van der Waals surface area contributed by atoms with Crippen LogP contribution in [0, 0.1) is 5.92 Å². The fourth-order valence-corrected chi connectivity index (χ4v) is 3.34. The van der Waals surface area contributed by atoms with Crippen LogP contribution >= 0.6 is 23.2 Å². The minimum Gasteiger partial charge on any atom is -0.356 e. The Morgan fingerprint density at radius 1 is 1.33 bits per heavy atom. The van der Waals surface area contributed by atoms with Gasteiger partial charge in [0, 0.05) is 18.7 Å². The SMILES string of the molecule is CC1CCCCC1N(C)c1ncnc(Cl)c1CCl. The highest BCUT2D eigenvalue weighted by atomic mass is 35.5. The van der Waals surface area contributed by atoms with Gasteiger partial charge in [-0.3, -0.25) is 0 Å². The van der Waals surface area contributed by atoms with Gasteiger partial charge < -0.3 is 4.90 Å². The second kappa shape index (κ2) is 6.07. The maximum Gasteiger partial charge on any atom is 0.138 e. The second-order valence-electron chi connectivity index (χ2n) is 5.04. The van der Waals surface area contributed by atoms with Crippen LogP contribution in [-0.2, 0) is 5.88 Å². The number of hydrogen-bond donors (Lipinski definition) is 0. The molecule has 100 valence electrons. The van der Waals surface area contributed by atoms with Gasteiger partial charge in [0.2, 0.25) is 0 Å². The molecule has 0 N–H and O–H groups in total. The summed E-state index contributed by atoms with van der Waals surface area (Å²) in [6, 6.07) is 0.520. The van der Waals surface area contributed by atoms with Gasteiger partial charge in [-0.05, 0) is 18.8 Å². The molecule has 2 unspecified atom stereocenters. The van der Waals surface area contributed by atoms with Crippen LogP contribution in [0.25, 0.3) is 0 Å². The first kappa shape index (κ1) is 13.9. The van der Waals surface area contributed by atoms with E-state index >= 15 is 0 Å². The summed E-state index contributed by atoms with van der Waals surface area (Å²) in [5.74, 6) is 1.91. The van der Waals surface area contributed by atoms with Crippen LogP contribution in [-0.4, -0.2) is 23.1 Å². The van der Waals surface area contributed by atoms with Crippen molar-refractivity contribution in [3.63, 3.8) is 0 Å². The zero-order valence-electron chi connectivity index (χ0n) is 10.9. The van der Waals surface area contributed by atoms with E-state index in [1.54, 1.807) is 0 Å². The monoisotopic (exact) mass is 287 g/mol. The molecule has 1 heterocycles. The summed E-state index contributed by atoms with van der Waals surface area (Å²) in [5.41, 5.74) is 0.834. The number of anilines is 1. The van der Waals surface area contributed by atoms with Gasteiger partial charge in [0.15, 0.2) is 0 Å². The Morgan fingerprint density at radius 3 is 2.72 bits per heavy atom. The van der Waals surface area contributed by atoms with E-state index in [1.165, 1.54) is 32.0 Å². The van der Waals surface area contributed by atoms with E-state index in [4.69, 9.17) is 23.2 Å². The summed E-state index contributed by atoms with van der Waals surface area (Å²) in [7, 11) is 2.08. The molecule has 2 atom stereocenters. The van der Waals surface area contributed by atoms with Crippen molar-refractivity contribution < 1.29 is 0 Å². The van der Waals surface area contributed by atoms with E-state index in [0.717, 1.165) is 11.4 Å². The van der Waals surface area contributed by atoms with Gasteiger partial charge in [-0.2, -0.15) is 0 Å². The van der Waals surface area contributed by atoms with Gasteiger partial charge in [0.25, 0.3) is 0 Å². The van der Waals surface area contributed by atoms with Gasteiger partial charge in [0.05, 0.1) is 5.88 Å². The number of rotatable bonds is 3. The normalized spacial score (nSPS) is 24.0. The predicted molar refractivity (Wildman–Crippen MR) is 76.4 cm³/mol. The molecule has 0 radical (unpaired) electrons. The van der Waals surface area contributed by atoms with Crippen LogP contribution in [0.4, 0.5) is 5.82 Å². The third-order valence-corrected chi connectivity index (χ3v) is 4.49. The number of halogens is 2. The number of alkyl halides is 1. The van der Waals surface area contributed by atoms with Crippen LogP contribution in [0.1, 0.15) is 38.2 Å². The first-order chi connectivity index (χ1) is 8.65. The third kappa shape index (κ3) is 2.72. The Bertz CT molecular complexity index is 411. The Labute approximate surface area is 119 Å². The fourth-order valence-electron chi connectivity index (χ4n) is 2.83. The number of hydrogen-bond acceptors (Lipinski definition) is 3. The highest BCUT2D eigenvalue weighted by Gasteiger charge is 2.27. The summed E-state index contributed by atoms with van der Waals surface area (Å²) >= 11 is 12.1. The van der Waals surface area contributed by atoms with Crippen LogP contribution in [0.2, 0.25) is 5.15 Å².